The van der Waals surface area contributed by atoms with Gasteiger partial charge in [0.25, 0.3) is 0 Å². The fourth-order valence-corrected chi connectivity index (χ4v) is 2.92. The van der Waals surface area contributed by atoms with Gasteiger partial charge < -0.3 is 0 Å². The van der Waals surface area contributed by atoms with Gasteiger partial charge in [0.2, 0.25) is 0 Å². The molecule has 0 amide bonds. The molecule has 2 aromatic heterocycles. The van der Waals surface area contributed by atoms with Crippen LogP contribution >= 0.6 is 0 Å². The molecular weight excluding hydrogens is 329 g/mol. The van der Waals surface area contributed by atoms with Crippen LogP contribution in [0.1, 0.15) is 48.7 Å². The zero-order chi connectivity index (χ0) is 18.8. The van der Waals surface area contributed by atoms with E-state index in [0.717, 1.165) is 5.69 Å². The molecule has 0 radical (unpaired) electrons. The number of aromatic nitrogens is 4. The summed E-state index contributed by atoms with van der Waals surface area (Å²) in [5, 5.41) is 4.67. The highest BCUT2D eigenvalue weighted by Gasteiger charge is 2.28. The number of aryl methyl sites for hydroxylation is 1. The zero-order valence-electron chi connectivity index (χ0n) is 15.8. The van der Waals surface area contributed by atoms with Gasteiger partial charge in [-0.15, -0.1) is 5.10 Å². The van der Waals surface area contributed by atoms with Crippen LogP contribution in [0.25, 0.3) is 5.82 Å². The average Bonchev–Trinajstić information content (AvgIpc) is 3.02. The second-order valence-corrected chi connectivity index (χ2v) is 6.92. The van der Waals surface area contributed by atoms with E-state index in [1.165, 1.54) is 6.07 Å². The summed E-state index contributed by atoms with van der Waals surface area (Å²) in [7, 11) is 3.82. The Labute approximate surface area is 153 Å². The second kappa shape index (κ2) is 7.33. The first-order valence-electron chi connectivity index (χ1n) is 8.70. The predicted molar refractivity (Wildman–Crippen MR) is 99.9 cm³/mol. The molecule has 5 nitrogen and oxygen atoms in total. The summed E-state index contributed by atoms with van der Waals surface area (Å²) in [6.45, 7) is 6.02. The fourth-order valence-electron chi connectivity index (χ4n) is 2.92. The van der Waals surface area contributed by atoms with Crippen molar-refractivity contribution >= 4 is 0 Å². The number of nitrogens with zero attached hydrogens (tertiary/aromatic N) is 5. The third kappa shape index (κ3) is 3.51. The maximum Gasteiger partial charge on any atom is 0.156 e. The summed E-state index contributed by atoms with van der Waals surface area (Å²) in [6, 6.07) is 12.2. The Morgan fingerprint density at radius 1 is 1.00 bits per heavy atom. The number of rotatable bonds is 5. The van der Waals surface area contributed by atoms with Crippen LogP contribution < -0.4 is 0 Å². The van der Waals surface area contributed by atoms with Crippen molar-refractivity contribution in [3.05, 3.63) is 71.2 Å². The molecule has 0 spiro atoms. The summed E-state index contributed by atoms with van der Waals surface area (Å²) >= 11 is 0. The maximum atomic E-state index is 14.5. The largest absolute Gasteiger partial charge is 0.296 e. The van der Waals surface area contributed by atoms with Gasteiger partial charge in [0.1, 0.15) is 5.82 Å². The van der Waals surface area contributed by atoms with Crippen molar-refractivity contribution in [2.75, 3.05) is 14.1 Å². The molecule has 0 bridgehead atoms. The van der Waals surface area contributed by atoms with Gasteiger partial charge in [0.05, 0.1) is 6.04 Å². The van der Waals surface area contributed by atoms with Crippen LogP contribution in [0.5, 0.6) is 0 Å². The summed E-state index contributed by atoms with van der Waals surface area (Å²) in [4.78, 5) is 11.3. The van der Waals surface area contributed by atoms with Gasteiger partial charge >= 0.3 is 0 Å². The van der Waals surface area contributed by atoms with Crippen molar-refractivity contribution in [3.8, 4) is 5.82 Å². The van der Waals surface area contributed by atoms with E-state index in [0.29, 0.717) is 23.0 Å². The van der Waals surface area contributed by atoms with Crippen molar-refractivity contribution in [2.24, 2.45) is 0 Å². The van der Waals surface area contributed by atoms with E-state index in [1.54, 1.807) is 16.8 Å². The minimum Gasteiger partial charge on any atom is -0.296 e. The van der Waals surface area contributed by atoms with Crippen molar-refractivity contribution in [3.63, 3.8) is 0 Å². The molecule has 26 heavy (non-hydrogen) atoms. The summed E-state index contributed by atoms with van der Waals surface area (Å²) < 4.78 is 16.3. The minimum atomic E-state index is -0.376. The second-order valence-electron chi connectivity index (χ2n) is 6.92. The molecule has 3 aromatic rings. The van der Waals surface area contributed by atoms with E-state index in [4.69, 9.17) is 4.98 Å². The van der Waals surface area contributed by atoms with E-state index >= 15 is 0 Å². The van der Waals surface area contributed by atoms with Gasteiger partial charge in [0.15, 0.2) is 17.5 Å². The van der Waals surface area contributed by atoms with E-state index in [-0.39, 0.29) is 17.8 Å². The average molecular weight is 353 g/mol. The molecule has 3 rings (SSSR count). The highest BCUT2D eigenvalue weighted by molar-refractivity contribution is 5.32. The molecule has 1 atom stereocenters. The smallest absolute Gasteiger partial charge is 0.156 e. The first kappa shape index (κ1) is 18.2. The molecule has 0 aliphatic rings. The zero-order valence-corrected chi connectivity index (χ0v) is 15.8. The Bertz CT molecular complexity index is 901. The van der Waals surface area contributed by atoms with Gasteiger partial charge in [-0.05, 0) is 39.2 Å². The lowest BCUT2D eigenvalue weighted by molar-refractivity contribution is 0.317. The highest BCUT2D eigenvalue weighted by atomic mass is 19.1. The van der Waals surface area contributed by atoms with Crippen LogP contribution in [0, 0.1) is 12.7 Å². The lowest BCUT2D eigenvalue weighted by atomic mass is 10.0. The van der Waals surface area contributed by atoms with Crippen LogP contribution in [0.4, 0.5) is 4.39 Å². The van der Waals surface area contributed by atoms with E-state index < -0.39 is 0 Å². The number of hydrogen-bond donors (Lipinski definition) is 0. The van der Waals surface area contributed by atoms with Crippen molar-refractivity contribution in [1.29, 1.82) is 0 Å². The molecule has 2 heterocycles. The number of hydrogen-bond acceptors (Lipinski definition) is 4. The normalized spacial score (nSPS) is 12.8. The van der Waals surface area contributed by atoms with Crippen molar-refractivity contribution in [2.45, 2.75) is 32.7 Å². The molecule has 1 unspecified atom stereocenters. The highest BCUT2D eigenvalue weighted by Crippen LogP contribution is 2.29. The lowest BCUT2D eigenvalue weighted by Crippen LogP contribution is -2.25. The lowest BCUT2D eigenvalue weighted by Gasteiger charge is -2.24. The predicted octanol–water partition coefficient (Wildman–Crippen LogP) is 3.88. The Hall–Kier alpha value is -2.60. The Balaban J connectivity index is 2.23. The molecule has 136 valence electrons. The van der Waals surface area contributed by atoms with Gasteiger partial charge in [-0.25, -0.2) is 14.4 Å². The Kier molecular flexibility index (Phi) is 5.13. The molecule has 6 heteroatoms. The number of pyridine rings is 1. The quantitative estimate of drug-likeness (QED) is 0.698. The molecule has 0 aliphatic carbocycles. The standard InChI is InChI=1S/C20H24FN5/c1-13(2)19-23-20(26(24-19)17-12-8-9-14(3)22-17)18(25(4)5)15-10-6-7-11-16(15)21/h6-13,18H,1-5H3. The van der Waals surface area contributed by atoms with Crippen LogP contribution in [0.3, 0.4) is 0 Å². The third-order valence-electron chi connectivity index (χ3n) is 4.22. The maximum absolute atomic E-state index is 14.5. The topological polar surface area (TPSA) is 46.8 Å². The van der Waals surface area contributed by atoms with Crippen molar-refractivity contribution < 1.29 is 4.39 Å². The fraction of sp³-hybridized carbons (Fsp3) is 0.350. The summed E-state index contributed by atoms with van der Waals surface area (Å²) in [5.41, 5.74) is 1.46. The summed E-state index contributed by atoms with van der Waals surface area (Å²) in [6.07, 6.45) is 0. The van der Waals surface area contributed by atoms with Gasteiger partial charge in [-0.2, -0.15) is 4.68 Å². The SMILES string of the molecule is Cc1cccc(-n2nc(C(C)C)nc2C(c2ccccc2F)N(C)C)n1. The van der Waals surface area contributed by atoms with Gasteiger partial charge in [0, 0.05) is 17.2 Å². The van der Waals surface area contributed by atoms with Crippen LogP contribution in [-0.2, 0) is 0 Å². The van der Waals surface area contributed by atoms with Crippen LogP contribution in [-0.4, -0.2) is 38.7 Å². The van der Waals surface area contributed by atoms with Crippen LogP contribution in [0.15, 0.2) is 42.5 Å². The minimum absolute atomic E-state index is 0.156. The molecule has 0 N–H and O–H groups in total. The van der Waals surface area contributed by atoms with E-state index in [1.807, 2.05) is 64.0 Å². The number of benzene rings is 1. The molecule has 1 aromatic carbocycles. The molecule has 0 saturated heterocycles. The third-order valence-corrected chi connectivity index (χ3v) is 4.22. The van der Waals surface area contributed by atoms with Gasteiger partial charge in [-0.1, -0.05) is 38.1 Å². The summed E-state index contributed by atoms with van der Waals surface area (Å²) in [5.74, 6) is 1.95. The molecule has 0 fully saturated rings. The van der Waals surface area contributed by atoms with E-state index in [9.17, 15) is 4.39 Å². The first-order valence-corrected chi connectivity index (χ1v) is 8.70. The molecular formula is C20H24FN5. The monoisotopic (exact) mass is 353 g/mol. The Morgan fingerprint density at radius 2 is 1.73 bits per heavy atom. The van der Waals surface area contributed by atoms with Crippen molar-refractivity contribution in [1.82, 2.24) is 24.6 Å². The molecule has 0 aliphatic heterocycles. The first-order chi connectivity index (χ1) is 12.4. The Morgan fingerprint density at radius 3 is 2.35 bits per heavy atom. The van der Waals surface area contributed by atoms with Gasteiger partial charge in [-0.3, -0.25) is 4.90 Å². The number of halogens is 1. The van der Waals surface area contributed by atoms with Crippen LogP contribution in [0.2, 0.25) is 0 Å². The molecule has 0 saturated carbocycles. The van der Waals surface area contributed by atoms with E-state index in [2.05, 4.69) is 10.1 Å².